The molecule has 0 spiro atoms. The first-order valence-electron chi connectivity index (χ1n) is 8.82. The maximum Gasteiger partial charge on any atom is 0.325 e. The quantitative estimate of drug-likeness (QED) is 0.723. The fourth-order valence-corrected chi connectivity index (χ4v) is 3.99. The molecule has 0 aromatic heterocycles. The van der Waals surface area contributed by atoms with Crippen LogP contribution in [-0.2, 0) is 25.0 Å². The van der Waals surface area contributed by atoms with E-state index >= 15 is 0 Å². The number of rotatable bonds is 5. The van der Waals surface area contributed by atoms with E-state index in [4.69, 9.17) is 0 Å². The number of nitrogens with one attached hydrogen (secondary N) is 2. The third-order valence-corrected chi connectivity index (χ3v) is 5.92. The summed E-state index contributed by atoms with van der Waals surface area (Å²) in [5, 5.41) is 5.10. The van der Waals surface area contributed by atoms with E-state index in [0.717, 1.165) is 16.7 Å². The lowest BCUT2D eigenvalue weighted by atomic mass is 9.91. The zero-order valence-electron chi connectivity index (χ0n) is 16.2. The molecule has 0 unspecified atom stereocenters. The van der Waals surface area contributed by atoms with Gasteiger partial charge in [-0.15, -0.1) is 0 Å². The van der Waals surface area contributed by atoms with Gasteiger partial charge in [0.2, 0.25) is 5.91 Å². The second kappa shape index (κ2) is 7.32. The minimum atomic E-state index is -3.56. The van der Waals surface area contributed by atoms with Crippen molar-refractivity contribution in [2.24, 2.45) is 0 Å². The van der Waals surface area contributed by atoms with Gasteiger partial charge in [0.25, 0.3) is 5.91 Å². The predicted octanol–water partition coefficient (Wildman–Crippen LogP) is 1.80. The zero-order chi connectivity index (χ0) is 21.4. The molecule has 152 valence electrons. The molecule has 1 aliphatic rings. The number of anilines is 1. The van der Waals surface area contributed by atoms with Gasteiger partial charge in [-0.25, -0.2) is 13.2 Å². The third kappa shape index (κ3) is 4.00. The molecule has 0 radical (unpaired) electrons. The van der Waals surface area contributed by atoms with Crippen LogP contribution in [0, 0.1) is 6.92 Å². The van der Waals surface area contributed by atoms with E-state index in [1.165, 1.54) is 18.2 Å². The number of imide groups is 1. The van der Waals surface area contributed by atoms with Gasteiger partial charge in [-0.2, -0.15) is 0 Å². The second-order valence-corrected chi connectivity index (χ2v) is 9.11. The molecule has 1 heterocycles. The van der Waals surface area contributed by atoms with E-state index < -0.39 is 39.8 Å². The van der Waals surface area contributed by atoms with Crippen LogP contribution in [0.2, 0.25) is 0 Å². The van der Waals surface area contributed by atoms with E-state index in [-0.39, 0.29) is 10.6 Å². The number of para-hydroxylation sites is 1. The topological polar surface area (TPSA) is 113 Å². The second-order valence-electron chi connectivity index (χ2n) is 7.13. The normalized spacial score (nSPS) is 19.2. The highest BCUT2D eigenvalue weighted by Gasteiger charge is 2.49. The van der Waals surface area contributed by atoms with Gasteiger partial charge in [0.05, 0.1) is 10.6 Å². The van der Waals surface area contributed by atoms with Crippen molar-refractivity contribution in [3.63, 3.8) is 0 Å². The standard InChI is InChI=1S/C20H21N3O5S/c1-13-8-10-14(11-9-13)20(2)18(25)23(19(26)22-20)12-17(24)21-15-6-4-5-7-16(15)29(3,27)28/h4-11H,12H2,1-3H3,(H,21,24)(H,22,26)/t20-/m0/s1. The van der Waals surface area contributed by atoms with Crippen LogP contribution in [0.25, 0.3) is 0 Å². The summed E-state index contributed by atoms with van der Waals surface area (Å²) in [6.45, 7) is 2.95. The molecule has 0 saturated carbocycles. The molecule has 1 aliphatic heterocycles. The van der Waals surface area contributed by atoms with E-state index in [1.807, 2.05) is 19.1 Å². The molecule has 29 heavy (non-hydrogen) atoms. The highest BCUT2D eigenvalue weighted by atomic mass is 32.2. The summed E-state index contributed by atoms with van der Waals surface area (Å²) in [6, 6.07) is 12.4. The molecular weight excluding hydrogens is 394 g/mol. The van der Waals surface area contributed by atoms with Crippen LogP contribution < -0.4 is 10.6 Å². The fraction of sp³-hybridized carbons (Fsp3) is 0.250. The van der Waals surface area contributed by atoms with Crippen LogP contribution in [-0.4, -0.2) is 44.0 Å². The molecule has 2 N–H and O–H groups in total. The van der Waals surface area contributed by atoms with Crippen molar-refractivity contribution in [2.75, 3.05) is 18.1 Å². The third-order valence-electron chi connectivity index (χ3n) is 4.77. The highest BCUT2D eigenvalue weighted by Crippen LogP contribution is 2.29. The highest BCUT2D eigenvalue weighted by molar-refractivity contribution is 7.90. The Bertz CT molecular complexity index is 1100. The Labute approximate surface area is 168 Å². The maximum atomic E-state index is 12.9. The zero-order valence-corrected chi connectivity index (χ0v) is 17.0. The first-order chi connectivity index (χ1) is 13.5. The Morgan fingerprint density at radius 2 is 1.72 bits per heavy atom. The summed E-state index contributed by atoms with van der Waals surface area (Å²) in [5.74, 6) is -1.24. The lowest BCUT2D eigenvalue weighted by Crippen LogP contribution is -2.42. The first kappa shape index (κ1) is 20.5. The lowest BCUT2D eigenvalue weighted by Gasteiger charge is -2.22. The van der Waals surface area contributed by atoms with Crippen molar-refractivity contribution in [3.8, 4) is 0 Å². The molecule has 4 amide bonds. The van der Waals surface area contributed by atoms with Crippen LogP contribution in [0.3, 0.4) is 0 Å². The van der Waals surface area contributed by atoms with Gasteiger partial charge in [0.15, 0.2) is 9.84 Å². The number of urea groups is 1. The Morgan fingerprint density at radius 1 is 1.10 bits per heavy atom. The minimum Gasteiger partial charge on any atom is -0.323 e. The average Bonchev–Trinajstić information content (AvgIpc) is 2.86. The van der Waals surface area contributed by atoms with Crippen LogP contribution in [0.4, 0.5) is 10.5 Å². The number of carbonyl (C=O) groups is 3. The lowest BCUT2D eigenvalue weighted by molar-refractivity contribution is -0.133. The number of amides is 4. The molecule has 0 bridgehead atoms. The summed E-state index contributed by atoms with van der Waals surface area (Å²) < 4.78 is 23.7. The summed E-state index contributed by atoms with van der Waals surface area (Å²) in [7, 11) is -3.56. The number of hydrogen-bond acceptors (Lipinski definition) is 5. The first-order valence-corrected chi connectivity index (χ1v) is 10.7. The van der Waals surface area contributed by atoms with E-state index in [0.29, 0.717) is 5.56 Å². The number of aryl methyl sites for hydroxylation is 1. The SMILES string of the molecule is Cc1ccc([C@]2(C)NC(=O)N(CC(=O)Nc3ccccc3S(C)(=O)=O)C2=O)cc1. The fourth-order valence-electron chi connectivity index (χ4n) is 3.15. The number of hydrogen-bond donors (Lipinski definition) is 2. The van der Waals surface area contributed by atoms with Gasteiger partial charge in [-0.05, 0) is 31.5 Å². The number of benzene rings is 2. The Hall–Kier alpha value is -3.20. The molecule has 3 rings (SSSR count). The van der Waals surface area contributed by atoms with Crippen molar-refractivity contribution in [1.82, 2.24) is 10.2 Å². The Kier molecular flexibility index (Phi) is 5.18. The molecule has 2 aromatic carbocycles. The summed E-state index contributed by atoms with van der Waals surface area (Å²) in [6.07, 6.45) is 1.03. The van der Waals surface area contributed by atoms with Crippen LogP contribution in [0.1, 0.15) is 18.1 Å². The van der Waals surface area contributed by atoms with Gasteiger partial charge in [0, 0.05) is 6.26 Å². The largest absolute Gasteiger partial charge is 0.325 e. The Morgan fingerprint density at radius 3 is 2.34 bits per heavy atom. The summed E-state index contributed by atoms with van der Waals surface area (Å²) in [5.41, 5.74) is 0.422. The van der Waals surface area contributed by atoms with Crippen molar-refractivity contribution in [2.45, 2.75) is 24.3 Å². The molecule has 1 atom stereocenters. The minimum absolute atomic E-state index is 0.0463. The van der Waals surface area contributed by atoms with E-state index in [9.17, 15) is 22.8 Å². The number of carbonyl (C=O) groups excluding carboxylic acids is 3. The van der Waals surface area contributed by atoms with Crippen LogP contribution in [0.15, 0.2) is 53.4 Å². The smallest absolute Gasteiger partial charge is 0.323 e. The van der Waals surface area contributed by atoms with Gasteiger partial charge < -0.3 is 10.6 Å². The van der Waals surface area contributed by atoms with Crippen molar-refractivity contribution in [3.05, 3.63) is 59.7 Å². The van der Waals surface area contributed by atoms with Crippen molar-refractivity contribution < 1.29 is 22.8 Å². The number of nitrogens with zero attached hydrogens (tertiary/aromatic N) is 1. The van der Waals surface area contributed by atoms with E-state index in [2.05, 4.69) is 10.6 Å². The monoisotopic (exact) mass is 415 g/mol. The summed E-state index contributed by atoms with van der Waals surface area (Å²) >= 11 is 0. The van der Waals surface area contributed by atoms with Gasteiger partial charge >= 0.3 is 6.03 Å². The maximum absolute atomic E-state index is 12.9. The van der Waals surface area contributed by atoms with Crippen molar-refractivity contribution >= 4 is 33.4 Å². The predicted molar refractivity (Wildman–Crippen MR) is 107 cm³/mol. The van der Waals surface area contributed by atoms with Crippen LogP contribution in [0.5, 0.6) is 0 Å². The summed E-state index contributed by atoms with van der Waals surface area (Å²) in [4.78, 5) is 38.5. The van der Waals surface area contributed by atoms with E-state index in [1.54, 1.807) is 25.1 Å². The van der Waals surface area contributed by atoms with Gasteiger partial charge in [-0.1, -0.05) is 42.0 Å². The molecule has 1 saturated heterocycles. The molecule has 1 fully saturated rings. The molecule has 8 nitrogen and oxygen atoms in total. The van der Waals surface area contributed by atoms with Gasteiger partial charge in [0.1, 0.15) is 12.1 Å². The van der Waals surface area contributed by atoms with Crippen molar-refractivity contribution in [1.29, 1.82) is 0 Å². The van der Waals surface area contributed by atoms with Crippen LogP contribution >= 0.6 is 0 Å². The van der Waals surface area contributed by atoms with Gasteiger partial charge in [-0.3, -0.25) is 14.5 Å². The molecule has 9 heteroatoms. The number of sulfone groups is 1. The Balaban J connectivity index is 1.79. The average molecular weight is 415 g/mol. The molecular formula is C20H21N3O5S. The molecule has 2 aromatic rings. The molecule has 0 aliphatic carbocycles.